The second kappa shape index (κ2) is 10.8. The molecule has 0 saturated heterocycles. The summed E-state index contributed by atoms with van der Waals surface area (Å²) in [5, 5.41) is 15.6. The van der Waals surface area contributed by atoms with Crippen LogP contribution in [0.4, 0.5) is 23.8 Å². The maximum absolute atomic E-state index is 13.3. The molecule has 0 aliphatic rings. The molecule has 4 heterocycles. The Morgan fingerprint density at radius 3 is 2.51 bits per heavy atom. The number of carbonyl (C=O) groups excluding carboxylic acids is 1. The number of hydrogen-bond acceptors (Lipinski definition) is 7. The normalized spacial score (nSPS) is 11.7. The number of thiazole rings is 1. The summed E-state index contributed by atoms with van der Waals surface area (Å²) in [6.45, 7) is 6.34. The van der Waals surface area contributed by atoms with Crippen LogP contribution in [0.1, 0.15) is 36.8 Å². The molecule has 4 aromatic heterocycles. The molecule has 3 N–H and O–H groups in total. The highest BCUT2D eigenvalue weighted by atomic mass is 32.1. The van der Waals surface area contributed by atoms with Gasteiger partial charge >= 0.3 is 18.2 Å². The number of hydrogen-bond donors (Lipinski definition) is 3. The fourth-order valence-electron chi connectivity index (χ4n) is 3.89. The molecule has 0 unspecified atom stereocenters. The van der Waals surface area contributed by atoms with Crippen LogP contribution < -0.4 is 16.1 Å². The quantitative estimate of drug-likeness (QED) is 0.286. The van der Waals surface area contributed by atoms with Crippen molar-refractivity contribution in [1.82, 2.24) is 24.8 Å². The number of amides is 2. The molecule has 10 nitrogen and oxygen atoms in total. The Kier molecular flexibility index (Phi) is 7.67. The van der Waals surface area contributed by atoms with Crippen LogP contribution in [0.15, 0.2) is 40.9 Å². The molecule has 2 amide bonds. The fraction of sp³-hybridized carbons (Fsp3) is 0.280. The molecule has 4 rings (SSSR count). The van der Waals surface area contributed by atoms with E-state index in [0.29, 0.717) is 18.6 Å². The Morgan fingerprint density at radius 2 is 1.90 bits per heavy atom. The topological polar surface area (TPSA) is 139 Å². The number of carboxylic acids is 1. The van der Waals surface area contributed by atoms with Crippen LogP contribution in [0, 0.1) is 5.92 Å². The van der Waals surface area contributed by atoms with Crippen LogP contribution in [0.25, 0.3) is 32.7 Å². The molecule has 0 aliphatic carbocycles. The number of aromatic nitrogens is 4. The van der Waals surface area contributed by atoms with E-state index in [-0.39, 0.29) is 39.0 Å². The lowest BCUT2D eigenvalue weighted by Crippen LogP contribution is -2.28. The summed E-state index contributed by atoms with van der Waals surface area (Å²) >= 11 is 0.740. The Hall–Kier alpha value is -4.33. The van der Waals surface area contributed by atoms with Gasteiger partial charge in [-0.25, -0.2) is 19.6 Å². The Morgan fingerprint density at radius 1 is 1.15 bits per heavy atom. The van der Waals surface area contributed by atoms with Crippen LogP contribution in [0.5, 0.6) is 0 Å². The lowest BCUT2D eigenvalue weighted by molar-refractivity contribution is -0.140. The van der Waals surface area contributed by atoms with Crippen molar-refractivity contribution in [2.45, 2.75) is 33.5 Å². The van der Waals surface area contributed by atoms with Gasteiger partial charge in [0.05, 0.1) is 22.8 Å². The average molecular weight is 561 g/mol. The molecule has 0 spiro atoms. The van der Waals surface area contributed by atoms with Gasteiger partial charge < -0.3 is 15.0 Å². The maximum Gasteiger partial charge on any atom is 0.434 e. The van der Waals surface area contributed by atoms with E-state index < -0.39 is 34.9 Å². The molecule has 14 heteroatoms. The molecule has 39 heavy (non-hydrogen) atoms. The number of carboxylic acid groups (broad SMARTS) is 1. The van der Waals surface area contributed by atoms with E-state index >= 15 is 0 Å². The van der Waals surface area contributed by atoms with Gasteiger partial charge in [-0.15, -0.1) is 11.3 Å². The van der Waals surface area contributed by atoms with E-state index in [0.717, 1.165) is 16.7 Å². The zero-order valence-electron chi connectivity index (χ0n) is 21.0. The van der Waals surface area contributed by atoms with Crippen LogP contribution in [-0.4, -0.2) is 43.2 Å². The highest BCUT2D eigenvalue weighted by Crippen LogP contribution is 2.38. The summed E-state index contributed by atoms with van der Waals surface area (Å²) in [5.74, 6) is -1.20. The summed E-state index contributed by atoms with van der Waals surface area (Å²) < 4.78 is 41.5. The van der Waals surface area contributed by atoms with Gasteiger partial charge in [0.15, 0.2) is 5.69 Å². The number of carbonyl (C=O) groups is 2. The largest absolute Gasteiger partial charge is 0.477 e. The molecule has 0 atom stereocenters. The lowest BCUT2D eigenvalue weighted by atomic mass is 10.0. The van der Waals surface area contributed by atoms with Gasteiger partial charge in [-0.05, 0) is 25.0 Å². The van der Waals surface area contributed by atoms with Gasteiger partial charge in [-0.3, -0.25) is 15.1 Å². The molecule has 0 bridgehead atoms. The van der Waals surface area contributed by atoms with E-state index in [1.54, 1.807) is 11.5 Å². The van der Waals surface area contributed by atoms with E-state index in [4.69, 9.17) is 0 Å². The molecule has 4 aromatic rings. The van der Waals surface area contributed by atoms with Crippen molar-refractivity contribution in [2.24, 2.45) is 5.92 Å². The monoisotopic (exact) mass is 560 g/mol. The number of rotatable bonds is 7. The standard InChI is InChI=1S/C25H23F3N6O4S/c1-4-29-24(38)33-20-6-13(22-32-19(11-39-22)25(26,27)28)15(7-31-20)17-5-14-18(8-30-17)34(9-12(2)3)10-16(21(14)35)23(36)37/h5-8,10-12H,4,9H2,1-3H3,(H,36,37)(H2,29,31,33,38). The lowest BCUT2D eigenvalue weighted by Gasteiger charge is -2.15. The first-order valence-corrected chi connectivity index (χ1v) is 12.6. The predicted octanol–water partition coefficient (Wildman–Crippen LogP) is 5.10. The summed E-state index contributed by atoms with van der Waals surface area (Å²) in [4.78, 5) is 49.2. The summed E-state index contributed by atoms with van der Waals surface area (Å²) in [6.07, 6.45) is -0.682. The van der Waals surface area contributed by atoms with Gasteiger partial charge in [0.2, 0.25) is 5.43 Å². The van der Waals surface area contributed by atoms with Crippen molar-refractivity contribution in [3.05, 3.63) is 57.6 Å². The highest BCUT2D eigenvalue weighted by molar-refractivity contribution is 7.13. The number of halogens is 3. The number of urea groups is 1. The van der Waals surface area contributed by atoms with Crippen molar-refractivity contribution < 1.29 is 27.9 Å². The van der Waals surface area contributed by atoms with E-state index in [2.05, 4.69) is 25.6 Å². The Bertz CT molecular complexity index is 1630. The number of nitrogens with zero attached hydrogens (tertiary/aromatic N) is 4. The second-order valence-electron chi connectivity index (χ2n) is 8.95. The first-order chi connectivity index (χ1) is 18.4. The summed E-state index contributed by atoms with van der Waals surface area (Å²) in [6, 6.07) is 2.19. The molecule has 0 aromatic carbocycles. The first-order valence-electron chi connectivity index (χ1n) is 11.7. The van der Waals surface area contributed by atoms with Crippen molar-refractivity contribution in [1.29, 1.82) is 0 Å². The molecule has 0 radical (unpaired) electrons. The SMILES string of the molecule is CCNC(=O)Nc1cc(-c2nc(C(F)(F)F)cs2)c(-c2cc3c(=O)c(C(=O)O)cn(CC(C)C)c3cn2)cn1. The number of alkyl halides is 3. The van der Waals surface area contributed by atoms with Crippen LogP contribution in [0.2, 0.25) is 0 Å². The minimum Gasteiger partial charge on any atom is -0.477 e. The molecule has 0 fully saturated rings. The molecule has 0 saturated carbocycles. The van der Waals surface area contributed by atoms with Crippen LogP contribution in [0.3, 0.4) is 0 Å². The van der Waals surface area contributed by atoms with Crippen LogP contribution >= 0.6 is 11.3 Å². The number of fused-ring (bicyclic) bond motifs is 1. The summed E-state index contributed by atoms with van der Waals surface area (Å²) in [5.41, 5.74) is -1.25. The molecule has 204 valence electrons. The van der Waals surface area contributed by atoms with Crippen molar-refractivity contribution in [3.63, 3.8) is 0 Å². The van der Waals surface area contributed by atoms with Crippen molar-refractivity contribution in [3.8, 4) is 21.8 Å². The number of aromatic carboxylic acids is 1. The average Bonchev–Trinajstić information content (AvgIpc) is 3.36. The number of pyridine rings is 3. The minimum atomic E-state index is -4.67. The number of anilines is 1. The smallest absolute Gasteiger partial charge is 0.434 e. The molecular weight excluding hydrogens is 537 g/mol. The van der Waals surface area contributed by atoms with E-state index in [9.17, 15) is 32.7 Å². The first kappa shape index (κ1) is 27.7. The molecule has 0 aliphatic heterocycles. The maximum atomic E-state index is 13.3. The van der Waals surface area contributed by atoms with E-state index in [1.165, 1.54) is 30.7 Å². The van der Waals surface area contributed by atoms with Gasteiger partial charge in [0.1, 0.15) is 16.4 Å². The summed E-state index contributed by atoms with van der Waals surface area (Å²) in [7, 11) is 0. The predicted molar refractivity (Wildman–Crippen MR) is 140 cm³/mol. The number of nitrogens with one attached hydrogen (secondary N) is 2. The third-order valence-corrected chi connectivity index (χ3v) is 6.42. The van der Waals surface area contributed by atoms with Crippen molar-refractivity contribution in [2.75, 3.05) is 11.9 Å². The van der Waals surface area contributed by atoms with Gasteiger partial charge in [0, 0.05) is 42.0 Å². The second-order valence-corrected chi connectivity index (χ2v) is 9.80. The Labute approximate surface area is 223 Å². The minimum absolute atomic E-state index is 0.0166. The third-order valence-electron chi connectivity index (χ3n) is 5.54. The highest BCUT2D eigenvalue weighted by Gasteiger charge is 2.34. The third kappa shape index (κ3) is 5.90. The zero-order chi connectivity index (χ0) is 28.5. The van der Waals surface area contributed by atoms with Gasteiger partial charge in [0.25, 0.3) is 0 Å². The fourth-order valence-corrected chi connectivity index (χ4v) is 4.74. The van der Waals surface area contributed by atoms with Gasteiger partial charge in [-0.1, -0.05) is 13.8 Å². The zero-order valence-corrected chi connectivity index (χ0v) is 21.8. The van der Waals surface area contributed by atoms with Crippen molar-refractivity contribution >= 4 is 40.1 Å². The molecular formula is C25H23F3N6O4S. The van der Waals surface area contributed by atoms with E-state index in [1.807, 2.05) is 13.8 Å². The van der Waals surface area contributed by atoms with Gasteiger partial charge in [-0.2, -0.15) is 13.2 Å². The van der Waals surface area contributed by atoms with Crippen LogP contribution in [-0.2, 0) is 12.7 Å². The Balaban J connectivity index is 1.93.